The van der Waals surface area contributed by atoms with Crippen LogP contribution >= 0.6 is 0 Å². The van der Waals surface area contributed by atoms with E-state index in [1.165, 1.54) is 6.08 Å². The number of aryl methyl sites for hydroxylation is 1. The van der Waals surface area contributed by atoms with Gasteiger partial charge in [-0.05, 0) is 25.0 Å². The lowest BCUT2D eigenvalue weighted by Gasteiger charge is -2.20. The fourth-order valence-electron chi connectivity index (χ4n) is 1.62. The maximum Gasteiger partial charge on any atom is 0.246 e. The van der Waals surface area contributed by atoms with Gasteiger partial charge in [-0.15, -0.1) is 0 Å². The fourth-order valence-corrected chi connectivity index (χ4v) is 1.62. The van der Waals surface area contributed by atoms with E-state index in [2.05, 4.69) is 11.7 Å². The first kappa shape index (κ1) is 9.96. The molecule has 1 aliphatic rings. The normalized spacial score (nSPS) is 15.0. The summed E-state index contributed by atoms with van der Waals surface area (Å²) < 4.78 is 1.80. The van der Waals surface area contributed by atoms with Crippen LogP contribution in [0.3, 0.4) is 0 Å². The first-order chi connectivity index (χ1) is 7.22. The minimum absolute atomic E-state index is 0.0127. The van der Waals surface area contributed by atoms with E-state index in [0.717, 1.165) is 18.5 Å². The summed E-state index contributed by atoms with van der Waals surface area (Å²) in [5.41, 5.74) is 1.05. The minimum Gasteiger partial charge on any atom is -0.330 e. The molecule has 80 valence electrons. The van der Waals surface area contributed by atoms with Gasteiger partial charge in [0, 0.05) is 19.3 Å². The predicted octanol–water partition coefficient (Wildman–Crippen LogP) is 1.10. The fraction of sp³-hybridized carbons (Fsp3) is 0.455. The molecular formula is C11H15N3O. The zero-order valence-electron chi connectivity index (χ0n) is 8.89. The first-order valence-electron chi connectivity index (χ1n) is 5.12. The van der Waals surface area contributed by atoms with E-state index in [1.807, 2.05) is 18.0 Å². The van der Waals surface area contributed by atoms with Gasteiger partial charge in [-0.1, -0.05) is 6.58 Å². The highest BCUT2D eigenvalue weighted by molar-refractivity contribution is 5.87. The Morgan fingerprint density at radius 2 is 2.53 bits per heavy atom. The topological polar surface area (TPSA) is 38.1 Å². The second-order valence-corrected chi connectivity index (χ2v) is 3.85. The lowest BCUT2D eigenvalue weighted by atomic mass is 10.3. The first-order valence-corrected chi connectivity index (χ1v) is 5.12. The lowest BCUT2D eigenvalue weighted by Crippen LogP contribution is -2.31. The molecule has 0 N–H and O–H groups in total. The van der Waals surface area contributed by atoms with Crippen molar-refractivity contribution in [2.24, 2.45) is 7.05 Å². The van der Waals surface area contributed by atoms with Crippen LogP contribution in [0.25, 0.3) is 0 Å². The molecule has 0 unspecified atom stereocenters. The maximum absolute atomic E-state index is 11.6. The number of hydrogen-bond acceptors (Lipinski definition) is 2. The van der Waals surface area contributed by atoms with Gasteiger partial charge in [0.2, 0.25) is 5.91 Å². The van der Waals surface area contributed by atoms with E-state index >= 15 is 0 Å². The molecule has 0 bridgehead atoms. The third-order valence-electron chi connectivity index (χ3n) is 2.70. The SMILES string of the molecule is C=CC(=O)N(Cc1ccnn1C)C1CC1. The molecule has 15 heavy (non-hydrogen) atoms. The summed E-state index contributed by atoms with van der Waals surface area (Å²) in [7, 11) is 1.89. The van der Waals surface area contributed by atoms with E-state index in [9.17, 15) is 4.79 Å². The molecule has 4 heteroatoms. The van der Waals surface area contributed by atoms with Gasteiger partial charge in [-0.3, -0.25) is 9.48 Å². The lowest BCUT2D eigenvalue weighted by molar-refractivity contribution is -0.127. The Morgan fingerprint density at radius 3 is 3.00 bits per heavy atom. The van der Waals surface area contributed by atoms with Crippen LogP contribution in [0.4, 0.5) is 0 Å². The van der Waals surface area contributed by atoms with Crippen molar-refractivity contribution in [2.45, 2.75) is 25.4 Å². The number of carbonyl (C=O) groups excluding carboxylic acids is 1. The smallest absolute Gasteiger partial charge is 0.246 e. The molecule has 1 aliphatic carbocycles. The van der Waals surface area contributed by atoms with Crippen LogP contribution in [0, 0.1) is 0 Å². The van der Waals surface area contributed by atoms with Crippen molar-refractivity contribution in [3.63, 3.8) is 0 Å². The summed E-state index contributed by atoms with van der Waals surface area (Å²) in [6.45, 7) is 4.16. The number of rotatable bonds is 4. The number of amides is 1. The van der Waals surface area contributed by atoms with Crippen molar-refractivity contribution in [1.82, 2.24) is 14.7 Å². The summed E-state index contributed by atoms with van der Waals surface area (Å²) in [4.78, 5) is 13.5. The molecule has 1 fully saturated rings. The van der Waals surface area contributed by atoms with Crippen molar-refractivity contribution < 1.29 is 4.79 Å². The van der Waals surface area contributed by atoms with E-state index in [1.54, 1.807) is 10.9 Å². The Labute approximate surface area is 89.2 Å². The summed E-state index contributed by atoms with van der Waals surface area (Å²) in [5, 5.41) is 4.09. The Bertz CT molecular complexity index is 379. The minimum atomic E-state index is 0.0127. The molecule has 0 aliphatic heterocycles. The van der Waals surface area contributed by atoms with Crippen molar-refractivity contribution in [1.29, 1.82) is 0 Å². The van der Waals surface area contributed by atoms with Crippen LogP contribution < -0.4 is 0 Å². The largest absolute Gasteiger partial charge is 0.330 e. The maximum atomic E-state index is 11.6. The molecule has 1 heterocycles. The van der Waals surface area contributed by atoms with Crippen LogP contribution in [-0.2, 0) is 18.4 Å². The Balaban J connectivity index is 2.10. The highest BCUT2D eigenvalue weighted by Gasteiger charge is 2.31. The molecular weight excluding hydrogens is 190 g/mol. The number of nitrogens with zero attached hydrogens (tertiary/aromatic N) is 3. The number of aromatic nitrogens is 2. The van der Waals surface area contributed by atoms with Crippen LogP contribution in [-0.4, -0.2) is 26.6 Å². The van der Waals surface area contributed by atoms with Crippen molar-refractivity contribution in [2.75, 3.05) is 0 Å². The average Bonchev–Trinajstić information content (AvgIpc) is 2.99. The quantitative estimate of drug-likeness (QED) is 0.690. The average molecular weight is 205 g/mol. The van der Waals surface area contributed by atoms with E-state index < -0.39 is 0 Å². The molecule has 0 atom stereocenters. The van der Waals surface area contributed by atoms with Crippen molar-refractivity contribution in [3.8, 4) is 0 Å². The van der Waals surface area contributed by atoms with Gasteiger partial charge in [0.15, 0.2) is 0 Å². The summed E-state index contributed by atoms with van der Waals surface area (Å²) in [6.07, 6.45) is 5.35. The van der Waals surface area contributed by atoms with E-state index in [4.69, 9.17) is 0 Å². The van der Waals surface area contributed by atoms with Gasteiger partial charge in [-0.2, -0.15) is 5.10 Å². The molecule has 1 saturated carbocycles. The van der Waals surface area contributed by atoms with E-state index in [-0.39, 0.29) is 5.91 Å². The van der Waals surface area contributed by atoms with E-state index in [0.29, 0.717) is 12.6 Å². The number of carbonyl (C=O) groups is 1. The van der Waals surface area contributed by atoms with Gasteiger partial charge in [0.1, 0.15) is 0 Å². The molecule has 0 spiro atoms. The monoisotopic (exact) mass is 205 g/mol. The van der Waals surface area contributed by atoms with Crippen LogP contribution in [0.5, 0.6) is 0 Å². The highest BCUT2D eigenvalue weighted by Crippen LogP contribution is 2.28. The zero-order valence-corrected chi connectivity index (χ0v) is 8.89. The van der Waals surface area contributed by atoms with Crippen LogP contribution in [0.1, 0.15) is 18.5 Å². The predicted molar refractivity (Wildman–Crippen MR) is 57.0 cm³/mol. The molecule has 0 saturated heterocycles. The van der Waals surface area contributed by atoms with Crippen molar-refractivity contribution in [3.05, 3.63) is 30.6 Å². The molecule has 0 aromatic carbocycles. The van der Waals surface area contributed by atoms with Gasteiger partial charge >= 0.3 is 0 Å². The zero-order chi connectivity index (χ0) is 10.8. The molecule has 4 nitrogen and oxygen atoms in total. The van der Waals surface area contributed by atoms with Crippen LogP contribution in [0.15, 0.2) is 24.9 Å². The van der Waals surface area contributed by atoms with Crippen molar-refractivity contribution >= 4 is 5.91 Å². The standard InChI is InChI=1S/C11H15N3O/c1-3-11(15)14(9-4-5-9)8-10-6-7-12-13(10)2/h3,6-7,9H,1,4-5,8H2,2H3. The molecule has 0 radical (unpaired) electrons. The second kappa shape index (κ2) is 3.88. The highest BCUT2D eigenvalue weighted by atomic mass is 16.2. The summed E-state index contributed by atoms with van der Waals surface area (Å²) in [5.74, 6) is 0.0127. The van der Waals surface area contributed by atoms with Crippen LogP contribution in [0.2, 0.25) is 0 Å². The Morgan fingerprint density at radius 1 is 1.80 bits per heavy atom. The third kappa shape index (κ3) is 2.09. The van der Waals surface area contributed by atoms with Gasteiger partial charge < -0.3 is 4.90 Å². The summed E-state index contributed by atoms with van der Waals surface area (Å²) >= 11 is 0. The summed E-state index contributed by atoms with van der Waals surface area (Å²) in [6, 6.07) is 2.34. The number of hydrogen-bond donors (Lipinski definition) is 0. The van der Waals surface area contributed by atoms with Gasteiger partial charge in [-0.25, -0.2) is 0 Å². The molecule has 1 aromatic rings. The van der Waals surface area contributed by atoms with Gasteiger partial charge in [0.25, 0.3) is 0 Å². The molecule has 2 rings (SSSR count). The third-order valence-corrected chi connectivity index (χ3v) is 2.70. The Kier molecular flexibility index (Phi) is 2.58. The Hall–Kier alpha value is -1.58. The second-order valence-electron chi connectivity index (χ2n) is 3.85. The van der Waals surface area contributed by atoms with Gasteiger partial charge in [0.05, 0.1) is 12.2 Å². The molecule has 1 aromatic heterocycles. The molecule has 1 amide bonds.